The molecule has 2 aromatic rings. The quantitative estimate of drug-likeness (QED) is 0.432. The smallest absolute Gasteiger partial charge is 0.185 e. The zero-order chi connectivity index (χ0) is 23.9. The summed E-state index contributed by atoms with van der Waals surface area (Å²) in [6, 6.07) is 16.4. The number of anilines is 1. The molecular formula is C29H33N3O2. The van der Waals surface area contributed by atoms with Gasteiger partial charge in [-0.25, -0.2) is 0 Å². The van der Waals surface area contributed by atoms with Gasteiger partial charge in [-0.1, -0.05) is 6.07 Å². The minimum Gasteiger partial charge on any atom is -0.382 e. The molecule has 34 heavy (non-hydrogen) atoms. The van der Waals surface area contributed by atoms with Gasteiger partial charge >= 0.3 is 0 Å². The predicted octanol–water partition coefficient (Wildman–Crippen LogP) is 5.31. The predicted molar refractivity (Wildman–Crippen MR) is 135 cm³/mol. The van der Waals surface area contributed by atoms with Crippen LogP contribution in [-0.2, 0) is 17.8 Å². The van der Waals surface area contributed by atoms with E-state index in [1.807, 2.05) is 30.3 Å². The SMILES string of the molecule is CC(=O)/C=C/C(=O)c1ccc(NC2CCC(CCN3CCc4cc(C#N)ccc4C3)CC2)cc1. The molecule has 0 amide bonds. The molecule has 1 N–H and O–H groups in total. The van der Waals surface area contributed by atoms with Crippen LogP contribution in [0.5, 0.6) is 0 Å². The summed E-state index contributed by atoms with van der Waals surface area (Å²) in [6.07, 6.45) is 9.78. The van der Waals surface area contributed by atoms with Crippen molar-refractivity contribution < 1.29 is 9.59 Å². The van der Waals surface area contributed by atoms with E-state index in [2.05, 4.69) is 28.4 Å². The number of allylic oxidation sites excluding steroid dienone is 2. The second kappa shape index (κ2) is 11.3. The summed E-state index contributed by atoms with van der Waals surface area (Å²) < 4.78 is 0. The van der Waals surface area contributed by atoms with Crippen LogP contribution in [0.25, 0.3) is 0 Å². The van der Waals surface area contributed by atoms with Gasteiger partial charge in [-0.3, -0.25) is 14.5 Å². The van der Waals surface area contributed by atoms with Gasteiger partial charge < -0.3 is 5.32 Å². The molecule has 0 atom stereocenters. The number of hydrogen-bond acceptors (Lipinski definition) is 5. The number of nitriles is 1. The number of carbonyl (C=O) groups is 2. The molecule has 2 aliphatic rings. The second-order valence-corrected chi connectivity index (χ2v) is 9.66. The molecule has 0 saturated heterocycles. The third-order valence-electron chi connectivity index (χ3n) is 7.14. The Labute approximate surface area is 202 Å². The number of hydrogen-bond donors (Lipinski definition) is 1. The van der Waals surface area contributed by atoms with Crippen molar-refractivity contribution in [2.45, 2.75) is 58.0 Å². The Kier molecular flexibility index (Phi) is 7.92. The normalized spacial score (nSPS) is 20.5. The molecular weight excluding hydrogens is 422 g/mol. The van der Waals surface area contributed by atoms with Crippen molar-refractivity contribution in [3.8, 4) is 6.07 Å². The molecule has 5 heteroatoms. The van der Waals surface area contributed by atoms with Gasteiger partial charge in [0.15, 0.2) is 11.6 Å². The van der Waals surface area contributed by atoms with E-state index >= 15 is 0 Å². The highest BCUT2D eigenvalue weighted by molar-refractivity contribution is 6.07. The lowest BCUT2D eigenvalue weighted by Gasteiger charge is -2.33. The van der Waals surface area contributed by atoms with Crippen LogP contribution in [0.2, 0.25) is 0 Å². The van der Waals surface area contributed by atoms with E-state index in [0.29, 0.717) is 11.6 Å². The fourth-order valence-electron chi connectivity index (χ4n) is 5.09. The van der Waals surface area contributed by atoms with Crippen molar-refractivity contribution in [1.82, 2.24) is 4.90 Å². The van der Waals surface area contributed by atoms with Gasteiger partial charge in [0, 0.05) is 30.4 Å². The van der Waals surface area contributed by atoms with Gasteiger partial charge in [-0.2, -0.15) is 5.26 Å². The van der Waals surface area contributed by atoms with Crippen LogP contribution in [0.3, 0.4) is 0 Å². The van der Waals surface area contributed by atoms with Gasteiger partial charge in [0.05, 0.1) is 11.6 Å². The third-order valence-corrected chi connectivity index (χ3v) is 7.14. The first kappa shape index (κ1) is 23.9. The monoisotopic (exact) mass is 455 g/mol. The summed E-state index contributed by atoms with van der Waals surface area (Å²) in [7, 11) is 0. The number of rotatable bonds is 8. The molecule has 0 spiro atoms. The Hall–Kier alpha value is -3.23. The van der Waals surface area contributed by atoms with E-state index in [0.717, 1.165) is 43.2 Å². The summed E-state index contributed by atoms with van der Waals surface area (Å²) in [5.74, 6) is 0.512. The number of nitrogens with one attached hydrogen (secondary N) is 1. The highest BCUT2D eigenvalue weighted by atomic mass is 16.1. The Balaban J connectivity index is 1.19. The Morgan fingerprint density at radius 2 is 1.82 bits per heavy atom. The van der Waals surface area contributed by atoms with Crippen molar-refractivity contribution in [1.29, 1.82) is 5.26 Å². The molecule has 0 bridgehead atoms. The summed E-state index contributed by atoms with van der Waals surface area (Å²) in [5.41, 5.74) is 5.12. The molecule has 0 aromatic heterocycles. The maximum atomic E-state index is 12.1. The van der Waals surface area contributed by atoms with Crippen LogP contribution >= 0.6 is 0 Å². The van der Waals surface area contributed by atoms with Gasteiger partial charge in [0.1, 0.15) is 0 Å². The maximum absolute atomic E-state index is 12.1. The van der Waals surface area contributed by atoms with Crippen molar-refractivity contribution in [2.24, 2.45) is 5.92 Å². The third kappa shape index (κ3) is 6.42. The summed E-state index contributed by atoms with van der Waals surface area (Å²) in [4.78, 5) is 25.6. The number of carbonyl (C=O) groups excluding carboxylic acids is 2. The topological polar surface area (TPSA) is 73.2 Å². The molecule has 2 aromatic carbocycles. The van der Waals surface area contributed by atoms with Crippen LogP contribution in [0.15, 0.2) is 54.6 Å². The minimum atomic E-state index is -0.147. The largest absolute Gasteiger partial charge is 0.382 e. The number of ketones is 2. The van der Waals surface area contributed by atoms with Crippen LogP contribution in [0, 0.1) is 17.2 Å². The molecule has 1 heterocycles. The Bertz CT molecular complexity index is 1090. The zero-order valence-corrected chi connectivity index (χ0v) is 19.9. The number of fused-ring (bicyclic) bond motifs is 1. The van der Waals surface area contributed by atoms with E-state index in [4.69, 9.17) is 5.26 Å². The molecule has 5 nitrogen and oxygen atoms in total. The van der Waals surface area contributed by atoms with E-state index < -0.39 is 0 Å². The molecule has 176 valence electrons. The van der Waals surface area contributed by atoms with Crippen LogP contribution in [0.1, 0.15) is 66.1 Å². The average Bonchev–Trinajstić information content (AvgIpc) is 2.87. The van der Waals surface area contributed by atoms with Crippen LogP contribution < -0.4 is 5.32 Å². The van der Waals surface area contributed by atoms with Gasteiger partial charge in [0.25, 0.3) is 0 Å². The van der Waals surface area contributed by atoms with Crippen molar-refractivity contribution >= 4 is 17.3 Å². The molecule has 1 fully saturated rings. The summed E-state index contributed by atoms with van der Waals surface area (Å²) in [6.45, 7) is 4.67. The molecule has 4 rings (SSSR count). The fourth-order valence-corrected chi connectivity index (χ4v) is 5.09. The molecule has 1 aliphatic carbocycles. The lowest BCUT2D eigenvalue weighted by atomic mass is 9.83. The molecule has 0 unspecified atom stereocenters. The van der Waals surface area contributed by atoms with Crippen LogP contribution in [0.4, 0.5) is 5.69 Å². The van der Waals surface area contributed by atoms with E-state index in [-0.39, 0.29) is 11.6 Å². The lowest BCUT2D eigenvalue weighted by Crippen LogP contribution is -2.33. The van der Waals surface area contributed by atoms with E-state index in [9.17, 15) is 9.59 Å². The van der Waals surface area contributed by atoms with Crippen LogP contribution in [-0.4, -0.2) is 35.6 Å². The van der Waals surface area contributed by atoms with Crippen molar-refractivity contribution in [3.05, 3.63) is 76.9 Å². The zero-order valence-electron chi connectivity index (χ0n) is 19.9. The van der Waals surface area contributed by atoms with Gasteiger partial charge in [-0.05, 0) is 118 Å². The minimum absolute atomic E-state index is 0.126. The Morgan fingerprint density at radius 1 is 1.06 bits per heavy atom. The first-order chi connectivity index (χ1) is 16.5. The van der Waals surface area contributed by atoms with E-state index in [1.165, 1.54) is 62.3 Å². The lowest BCUT2D eigenvalue weighted by molar-refractivity contribution is -0.112. The van der Waals surface area contributed by atoms with Gasteiger partial charge in [0.2, 0.25) is 0 Å². The molecule has 1 aliphatic heterocycles. The molecule has 0 radical (unpaired) electrons. The van der Waals surface area contributed by atoms with Gasteiger partial charge in [-0.15, -0.1) is 0 Å². The fraction of sp³-hybridized carbons (Fsp3) is 0.414. The number of benzene rings is 2. The van der Waals surface area contributed by atoms with Crippen molar-refractivity contribution in [2.75, 3.05) is 18.4 Å². The number of nitrogens with zero attached hydrogens (tertiary/aromatic N) is 2. The highest BCUT2D eigenvalue weighted by Crippen LogP contribution is 2.30. The second-order valence-electron chi connectivity index (χ2n) is 9.66. The summed E-state index contributed by atoms with van der Waals surface area (Å²) >= 11 is 0. The Morgan fingerprint density at radius 3 is 2.53 bits per heavy atom. The summed E-state index contributed by atoms with van der Waals surface area (Å²) in [5, 5.41) is 12.7. The molecule has 1 saturated carbocycles. The average molecular weight is 456 g/mol. The van der Waals surface area contributed by atoms with Crippen molar-refractivity contribution in [3.63, 3.8) is 0 Å². The first-order valence-electron chi connectivity index (χ1n) is 12.3. The van der Waals surface area contributed by atoms with E-state index in [1.54, 1.807) is 0 Å². The maximum Gasteiger partial charge on any atom is 0.185 e. The standard InChI is InChI=1S/C29H33N3O2/c1-21(33)2-13-29(34)24-7-11-28(12-8-24)31-27-9-4-22(5-10-27)14-16-32-17-15-25-18-23(19-30)3-6-26(25)20-32/h2-3,6-8,11-13,18,22,27,31H,4-5,9-10,14-17,20H2,1H3/b13-2+. The highest BCUT2D eigenvalue weighted by Gasteiger charge is 2.23. The first-order valence-corrected chi connectivity index (χ1v) is 12.3.